The standard InChI is InChI=1S/C13H16N2O5S/c1-2-20-13(17)10-21(18,19)15-12-8-5-7-11(14-12)6-3-4-9-16/h5,7-8,16H,2,4,9-10H2,1H3,(H,14,15). The van der Waals surface area contributed by atoms with Crippen molar-refractivity contribution in [3.8, 4) is 11.8 Å². The lowest BCUT2D eigenvalue weighted by molar-refractivity contribution is -0.139. The summed E-state index contributed by atoms with van der Waals surface area (Å²) < 4.78 is 30.2. The van der Waals surface area contributed by atoms with Crippen LogP contribution in [0, 0.1) is 11.8 Å². The second-order valence-corrected chi connectivity index (χ2v) is 5.57. The van der Waals surface area contributed by atoms with Crippen molar-refractivity contribution in [3.05, 3.63) is 23.9 Å². The van der Waals surface area contributed by atoms with Crippen LogP contribution >= 0.6 is 0 Å². The maximum absolute atomic E-state index is 11.7. The number of pyridine rings is 1. The summed E-state index contributed by atoms with van der Waals surface area (Å²) in [5.41, 5.74) is 0.361. The molecule has 0 fully saturated rings. The minimum Gasteiger partial charge on any atom is -0.465 e. The molecule has 21 heavy (non-hydrogen) atoms. The van der Waals surface area contributed by atoms with E-state index in [0.29, 0.717) is 12.1 Å². The first kappa shape index (κ1) is 16.9. The molecule has 1 aromatic rings. The van der Waals surface area contributed by atoms with Crippen molar-refractivity contribution in [2.45, 2.75) is 13.3 Å². The molecule has 0 radical (unpaired) electrons. The molecule has 0 atom stereocenters. The first-order chi connectivity index (χ1) is 9.96. The summed E-state index contributed by atoms with van der Waals surface area (Å²) in [7, 11) is -3.87. The summed E-state index contributed by atoms with van der Waals surface area (Å²) >= 11 is 0. The molecule has 0 aromatic carbocycles. The molecule has 0 unspecified atom stereocenters. The van der Waals surface area contributed by atoms with Crippen LogP contribution in [0.1, 0.15) is 19.0 Å². The molecule has 1 rings (SSSR count). The van der Waals surface area contributed by atoms with E-state index < -0.39 is 21.7 Å². The lowest BCUT2D eigenvalue weighted by Gasteiger charge is -2.06. The highest BCUT2D eigenvalue weighted by molar-refractivity contribution is 7.93. The molecule has 0 saturated heterocycles. The number of ether oxygens (including phenoxy) is 1. The molecule has 0 bridgehead atoms. The first-order valence-corrected chi connectivity index (χ1v) is 7.85. The van der Waals surface area contributed by atoms with Crippen LogP contribution in [0.3, 0.4) is 0 Å². The van der Waals surface area contributed by atoms with Crippen molar-refractivity contribution in [2.24, 2.45) is 0 Å². The number of esters is 1. The lowest BCUT2D eigenvalue weighted by atomic mass is 10.3. The number of nitrogens with one attached hydrogen (secondary N) is 1. The number of sulfonamides is 1. The van der Waals surface area contributed by atoms with E-state index in [2.05, 4.69) is 26.3 Å². The minimum atomic E-state index is -3.87. The number of carbonyl (C=O) groups is 1. The van der Waals surface area contributed by atoms with Gasteiger partial charge in [-0.05, 0) is 25.0 Å². The smallest absolute Gasteiger partial charge is 0.323 e. The number of aliphatic hydroxyl groups is 1. The molecule has 114 valence electrons. The van der Waals surface area contributed by atoms with E-state index in [4.69, 9.17) is 5.11 Å². The van der Waals surface area contributed by atoms with E-state index in [1.807, 2.05) is 0 Å². The Morgan fingerprint density at radius 1 is 1.48 bits per heavy atom. The highest BCUT2D eigenvalue weighted by Gasteiger charge is 2.17. The zero-order chi connectivity index (χ0) is 15.7. The Labute approximate surface area is 123 Å². The molecule has 0 aliphatic rings. The number of aromatic nitrogens is 1. The average Bonchev–Trinajstić information content (AvgIpc) is 2.38. The Morgan fingerprint density at radius 3 is 2.90 bits per heavy atom. The minimum absolute atomic E-state index is 0.0567. The Balaban J connectivity index is 2.77. The van der Waals surface area contributed by atoms with E-state index >= 15 is 0 Å². The number of carbonyl (C=O) groups excluding carboxylic acids is 1. The lowest BCUT2D eigenvalue weighted by Crippen LogP contribution is -2.24. The van der Waals surface area contributed by atoms with Crippen molar-refractivity contribution in [3.63, 3.8) is 0 Å². The zero-order valence-corrected chi connectivity index (χ0v) is 12.3. The molecule has 7 nitrogen and oxygen atoms in total. The SMILES string of the molecule is CCOC(=O)CS(=O)(=O)Nc1cccc(C#CCCO)n1. The molecule has 0 saturated carbocycles. The van der Waals surface area contributed by atoms with Gasteiger partial charge >= 0.3 is 5.97 Å². The number of hydrogen-bond acceptors (Lipinski definition) is 6. The molecule has 0 amide bonds. The van der Waals surface area contributed by atoms with Gasteiger partial charge < -0.3 is 9.84 Å². The summed E-state index contributed by atoms with van der Waals surface area (Å²) in [6, 6.07) is 4.63. The Morgan fingerprint density at radius 2 is 2.24 bits per heavy atom. The van der Waals surface area contributed by atoms with Crippen LogP contribution < -0.4 is 4.72 Å². The highest BCUT2D eigenvalue weighted by atomic mass is 32.2. The van der Waals surface area contributed by atoms with E-state index in [0.717, 1.165) is 0 Å². The zero-order valence-electron chi connectivity index (χ0n) is 11.5. The van der Waals surface area contributed by atoms with Gasteiger partial charge in [0.1, 0.15) is 11.5 Å². The van der Waals surface area contributed by atoms with Gasteiger partial charge in [-0.15, -0.1) is 0 Å². The second kappa shape index (κ2) is 8.24. The van der Waals surface area contributed by atoms with Gasteiger partial charge in [0.2, 0.25) is 10.0 Å². The molecular formula is C13H16N2O5S. The van der Waals surface area contributed by atoms with E-state index in [1.165, 1.54) is 6.07 Å². The van der Waals surface area contributed by atoms with Gasteiger partial charge in [0, 0.05) is 6.42 Å². The molecule has 2 N–H and O–H groups in total. The normalized spacial score (nSPS) is 10.4. The number of nitrogens with zero attached hydrogens (tertiary/aromatic N) is 1. The molecule has 0 aliphatic heterocycles. The largest absolute Gasteiger partial charge is 0.465 e. The predicted molar refractivity (Wildman–Crippen MR) is 76.9 cm³/mol. The van der Waals surface area contributed by atoms with Crippen LogP contribution in [0.5, 0.6) is 0 Å². The predicted octanol–water partition coefficient (Wildman–Crippen LogP) is 0.120. The van der Waals surface area contributed by atoms with Crippen molar-refractivity contribution in [1.82, 2.24) is 4.98 Å². The summed E-state index contributed by atoms with van der Waals surface area (Å²) in [5, 5.41) is 8.62. The number of aliphatic hydroxyl groups excluding tert-OH is 1. The summed E-state index contributed by atoms with van der Waals surface area (Å²) in [6.07, 6.45) is 0.306. The first-order valence-electron chi connectivity index (χ1n) is 6.19. The van der Waals surface area contributed by atoms with E-state index in [9.17, 15) is 13.2 Å². The maximum Gasteiger partial charge on any atom is 0.323 e. The third-order valence-electron chi connectivity index (χ3n) is 2.08. The molecule has 0 aliphatic carbocycles. The molecule has 0 spiro atoms. The Kier molecular flexibility index (Phi) is 6.65. The summed E-state index contributed by atoms with van der Waals surface area (Å²) in [5.74, 6) is 3.82. The monoisotopic (exact) mass is 312 g/mol. The van der Waals surface area contributed by atoms with Gasteiger partial charge in [-0.3, -0.25) is 9.52 Å². The number of hydrogen-bond donors (Lipinski definition) is 2. The van der Waals surface area contributed by atoms with E-state index in [1.54, 1.807) is 19.1 Å². The third-order valence-corrected chi connectivity index (χ3v) is 3.21. The van der Waals surface area contributed by atoms with Gasteiger partial charge in [0.15, 0.2) is 5.75 Å². The van der Waals surface area contributed by atoms with Crippen molar-refractivity contribution < 1.29 is 23.1 Å². The van der Waals surface area contributed by atoms with Gasteiger partial charge in [-0.25, -0.2) is 13.4 Å². The quantitative estimate of drug-likeness (QED) is 0.571. The topological polar surface area (TPSA) is 106 Å². The van der Waals surface area contributed by atoms with Crippen molar-refractivity contribution in [1.29, 1.82) is 0 Å². The van der Waals surface area contributed by atoms with Gasteiger partial charge in [0.25, 0.3) is 0 Å². The molecular weight excluding hydrogens is 296 g/mol. The summed E-state index contributed by atoms with van der Waals surface area (Å²) in [6.45, 7) is 1.65. The van der Waals surface area contributed by atoms with Crippen LogP contribution in [0.15, 0.2) is 18.2 Å². The van der Waals surface area contributed by atoms with Crippen LogP contribution in [-0.2, 0) is 19.6 Å². The van der Waals surface area contributed by atoms with Crippen LogP contribution in [0.4, 0.5) is 5.82 Å². The maximum atomic E-state index is 11.7. The van der Waals surface area contributed by atoms with Crippen molar-refractivity contribution in [2.75, 3.05) is 23.7 Å². The van der Waals surface area contributed by atoms with Gasteiger partial charge in [-0.1, -0.05) is 12.0 Å². The second-order valence-electron chi connectivity index (χ2n) is 3.85. The third kappa shape index (κ3) is 6.74. The fourth-order valence-electron chi connectivity index (χ4n) is 1.32. The van der Waals surface area contributed by atoms with Crippen LogP contribution in [0.2, 0.25) is 0 Å². The van der Waals surface area contributed by atoms with Crippen LogP contribution in [0.25, 0.3) is 0 Å². The van der Waals surface area contributed by atoms with Gasteiger partial charge in [0.05, 0.1) is 13.2 Å². The van der Waals surface area contributed by atoms with Crippen LogP contribution in [-0.4, -0.2) is 43.4 Å². The Hall–Kier alpha value is -2.11. The van der Waals surface area contributed by atoms with Gasteiger partial charge in [-0.2, -0.15) is 0 Å². The Bertz CT molecular complexity index is 646. The molecule has 1 heterocycles. The summed E-state index contributed by atoms with van der Waals surface area (Å²) in [4.78, 5) is 15.2. The fraction of sp³-hybridized carbons (Fsp3) is 0.385. The van der Waals surface area contributed by atoms with Crippen molar-refractivity contribution >= 4 is 21.8 Å². The number of rotatable bonds is 6. The molecule has 8 heteroatoms. The number of anilines is 1. The van der Waals surface area contributed by atoms with E-state index in [-0.39, 0.29) is 19.0 Å². The molecule has 1 aromatic heterocycles. The average molecular weight is 312 g/mol. The fourth-order valence-corrected chi connectivity index (χ4v) is 2.22. The highest BCUT2D eigenvalue weighted by Crippen LogP contribution is 2.07.